The number of imidazole rings is 1. The van der Waals surface area contributed by atoms with Crippen LogP contribution in [0.3, 0.4) is 0 Å². The Morgan fingerprint density at radius 1 is 1.13 bits per heavy atom. The molecule has 0 aliphatic carbocycles. The maximum absolute atomic E-state index is 12.9. The van der Waals surface area contributed by atoms with Gasteiger partial charge in [-0.05, 0) is 31.5 Å². The lowest BCUT2D eigenvalue weighted by molar-refractivity contribution is 0.368. The van der Waals surface area contributed by atoms with Crippen molar-refractivity contribution in [2.75, 3.05) is 36.6 Å². The van der Waals surface area contributed by atoms with Crippen LogP contribution in [-0.4, -0.2) is 58.2 Å². The van der Waals surface area contributed by atoms with Gasteiger partial charge >= 0.3 is 0 Å². The first-order valence-corrected chi connectivity index (χ1v) is 14.6. The summed E-state index contributed by atoms with van der Waals surface area (Å²) in [5, 5.41) is 7.02. The molecule has 39 heavy (non-hydrogen) atoms. The summed E-state index contributed by atoms with van der Waals surface area (Å²) in [6.07, 6.45) is 3.32. The molecule has 2 aromatic heterocycles. The molecular weight excluding hydrogens is 538 g/mol. The third kappa shape index (κ3) is 5.56. The highest BCUT2D eigenvalue weighted by Gasteiger charge is 2.35. The fourth-order valence-electron chi connectivity index (χ4n) is 4.72. The predicted octanol–water partition coefficient (Wildman–Crippen LogP) is 4.80. The van der Waals surface area contributed by atoms with Gasteiger partial charge in [0.05, 0.1) is 24.2 Å². The number of methoxy groups -OCH3 is 1. The fourth-order valence-corrected chi connectivity index (χ4v) is 5.93. The van der Waals surface area contributed by atoms with E-state index in [1.807, 2.05) is 55.5 Å². The van der Waals surface area contributed by atoms with E-state index in [4.69, 9.17) is 26.3 Å². The van der Waals surface area contributed by atoms with Gasteiger partial charge in [-0.15, -0.1) is 0 Å². The SMILES string of the molecule is CCNc1nc(Nc2ccc(-n3cnc(Cl)c3)c(OC)c2)nc2c1CN(S(=O)(=O)CC)CC2c1ccccc1. The lowest BCUT2D eigenvalue weighted by atomic mass is 9.89. The van der Waals surface area contributed by atoms with Gasteiger partial charge in [-0.25, -0.2) is 18.4 Å². The summed E-state index contributed by atoms with van der Waals surface area (Å²) in [6.45, 7) is 4.79. The van der Waals surface area contributed by atoms with Gasteiger partial charge < -0.3 is 19.9 Å². The molecule has 2 N–H and O–H groups in total. The molecule has 0 saturated carbocycles. The molecule has 0 spiro atoms. The van der Waals surface area contributed by atoms with E-state index in [0.29, 0.717) is 35.8 Å². The number of hydrogen-bond acceptors (Lipinski definition) is 8. The van der Waals surface area contributed by atoms with Crippen molar-refractivity contribution < 1.29 is 13.2 Å². The molecule has 5 rings (SSSR count). The van der Waals surface area contributed by atoms with Crippen molar-refractivity contribution in [1.82, 2.24) is 23.8 Å². The van der Waals surface area contributed by atoms with Crippen LogP contribution in [-0.2, 0) is 16.6 Å². The second-order valence-corrected chi connectivity index (χ2v) is 11.7. The second-order valence-electron chi connectivity index (χ2n) is 9.06. The number of sulfonamides is 1. The van der Waals surface area contributed by atoms with Crippen LogP contribution in [0.25, 0.3) is 5.69 Å². The highest BCUT2D eigenvalue weighted by Crippen LogP contribution is 2.38. The molecule has 0 bridgehead atoms. The molecule has 1 unspecified atom stereocenters. The van der Waals surface area contributed by atoms with E-state index in [1.165, 1.54) is 4.31 Å². The molecule has 1 atom stereocenters. The van der Waals surface area contributed by atoms with E-state index in [1.54, 1.807) is 31.1 Å². The Morgan fingerprint density at radius 2 is 1.92 bits per heavy atom. The lowest BCUT2D eigenvalue weighted by Crippen LogP contribution is -2.40. The number of aromatic nitrogens is 4. The molecule has 0 radical (unpaired) electrons. The number of nitrogens with zero attached hydrogens (tertiary/aromatic N) is 5. The smallest absolute Gasteiger partial charge is 0.229 e. The zero-order valence-electron chi connectivity index (χ0n) is 21.9. The van der Waals surface area contributed by atoms with Gasteiger partial charge in [0.2, 0.25) is 16.0 Å². The lowest BCUT2D eigenvalue weighted by Gasteiger charge is -2.34. The van der Waals surface area contributed by atoms with Gasteiger partial charge in [-0.2, -0.15) is 9.29 Å². The Morgan fingerprint density at radius 3 is 2.59 bits per heavy atom. The van der Waals surface area contributed by atoms with E-state index in [9.17, 15) is 8.42 Å². The highest BCUT2D eigenvalue weighted by molar-refractivity contribution is 7.89. The number of halogens is 1. The van der Waals surface area contributed by atoms with E-state index < -0.39 is 10.0 Å². The van der Waals surface area contributed by atoms with Crippen LogP contribution in [0, 0.1) is 0 Å². The van der Waals surface area contributed by atoms with Crippen molar-refractivity contribution in [2.24, 2.45) is 0 Å². The minimum atomic E-state index is -3.42. The Balaban J connectivity index is 1.56. The fraction of sp³-hybridized carbons (Fsp3) is 0.296. The summed E-state index contributed by atoms with van der Waals surface area (Å²) in [4.78, 5) is 13.8. The molecule has 4 aromatic rings. The van der Waals surface area contributed by atoms with Gasteiger partial charge in [-0.1, -0.05) is 41.9 Å². The number of rotatable bonds is 9. The number of fused-ring (bicyclic) bond motifs is 1. The third-order valence-corrected chi connectivity index (χ3v) is 8.65. The molecule has 0 amide bonds. The molecule has 204 valence electrons. The molecule has 2 aromatic carbocycles. The number of benzene rings is 2. The minimum Gasteiger partial charge on any atom is -0.494 e. The molecule has 10 nitrogen and oxygen atoms in total. The normalized spacial score (nSPS) is 15.5. The van der Waals surface area contributed by atoms with E-state index in [-0.39, 0.29) is 18.2 Å². The average molecular weight is 568 g/mol. The van der Waals surface area contributed by atoms with Crippen molar-refractivity contribution in [3.05, 3.63) is 83.0 Å². The number of hydrogen-bond donors (Lipinski definition) is 2. The van der Waals surface area contributed by atoms with Crippen molar-refractivity contribution in [3.8, 4) is 11.4 Å². The van der Waals surface area contributed by atoms with E-state index in [2.05, 4.69) is 15.6 Å². The van der Waals surface area contributed by atoms with Crippen molar-refractivity contribution in [3.63, 3.8) is 0 Å². The van der Waals surface area contributed by atoms with Gasteiger partial charge in [0.1, 0.15) is 23.0 Å². The van der Waals surface area contributed by atoms with Crippen LogP contribution >= 0.6 is 11.6 Å². The molecule has 0 saturated heterocycles. The van der Waals surface area contributed by atoms with Gasteiger partial charge in [0.25, 0.3) is 0 Å². The van der Waals surface area contributed by atoms with Gasteiger partial charge in [0, 0.05) is 49.1 Å². The van der Waals surface area contributed by atoms with Crippen LogP contribution in [0.4, 0.5) is 17.5 Å². The van der Waals surface area contributed by atoms with Crippen LogP contribution in [0.15, 0.2) is 61.1 Å². The predicted molar refractivity (Wildman–Crippen MR) is 153 cm³/mol. The molecular formula is C27H30ClN7O3S. The van der Waals surface area contributed by atoms with Crippen LogP contribution in [0.1, 0.15) is 36.6 Å². The summed E-state index contributed by atoms with van der Waals surface area (Å²) in [5.41, 5.74) is 4.08. The Hall–Kier alpha value is -3.67. The quantitative estimate of drug-likeness (QED) is 0.296. The third-order valence-electron chi connectivity index (χ3n) is 6.66. The zero-order valence-corrected chi connectivity index (χ0v) is 23.5. The van der Waals surface area contributed by atoms with Crippen molar-refractivity contribution in [2.45, 2.75) is 26.3 Å². The summed E-state index contributed by atoms with van der Waals surface area (Å²) in [6, 6.07) is 15.5. The molecule has 0 fully saturated rings. The Bertz CT molecular complexity index is 1580. The van der Waals surface area contributed by atoms with Gasteiger partial charge in [-0.3, -0.25) is 0 Å². The monoisotopic (exact) mass is 567 g/mol. The first kappa shape index (κ1) is 26.9. The number of nitrogens with one attached hydrogen (secondary N) is 2. The maximum Gasteiger partial charge on any atom is 0.229 e. The Kier molecular flexibility index (Phi) is 7.74. The largest absolute Gasteiger partial charge is 0.494 e. The average Bonchev–Trinajstić information content (AvgIpc) is 3.39. The van der Waals surface area contributed by atoms with Crippen LogP contribution < -0.4 is 15.4 Å². The molecule has 12 heteroatoms. The van der Waals surface area contributed by atoms with Gasteiger partial charge in [0.15, 0.2) is 0 Å². The zero-order chi connectivity index (χ0) is 27.6. The van der Waals surface area contributed by atoms with Crippen molar-refractivity contribution >= 4 is 39.1 Å². The van der Waals surface area contributed by atoms with Crippen LogP contribution in [0.5, 0.6) is 5.75 Å². The maximum atomic E-state index is 12.9. The summed E-state index contributed by atoms with van der Waals surface area (Å²) in [5.74, 6) is 1.40. The van der Waals surface area contributed by atoms with E-state index in [0.717, 1.165) is 28.2 Å². The van der Waals surface area contributed by atoms with Crippen LogP contribution in [0.2, 0.25) is 5.15 Å². The molecule has 1 aliphatic rings. The number of anilines is 3. The van der Waals surface area contributed by atoms with Crippen molar-refractivity contribution in [1.29, 1.82) is 0 Å². The summed E-state index contributed by atoms with van der Waals surface area (Å²) in [7, 11) is -1.83. The molecule has 1 aliphatic heterocycles. The molecule has 3 heterocycles. The second kappa shape index (κ2) is 11.2. The van der Waals surface area contributed by atoms with E-state index >= 15 is 0 Å². The Labute approximate surface area is 233 Å². The summed E-state index contributed by atoms with van der Waals surface area (Å²) < 4.78 is 34.8. The highest BCUT2D eigenvalue weighted by atomic mass is 35.5. The first-order valence-electron chi connectivity index (χ1n) is 12.6. The number of ether oxygens (including phenoxy) is 1. The standard InChI is InChI=1S/C27H30ClN7O3S/c1-4-29-26-21-15-35(39(36,37)5-2)14-20(18-9-7-6-8-10-18)25(21)32-27(33-26)31-19-11-12-22(23(13-19)38-3)34-16-24(28)30-17-34/h6-13,16-17,20H,4-5,14-15H2,1-3H3,(H2,29,31,32,33). The topological polar surface area (TPSA) is 114 Å². The minimum absolute atomic E-state index is 0.0317. The first-order chi connectivity index (χ1) is 18.8. The summed E-state index contributed by atoms with van der Waals surface area (Å²) >= 11 is 6.00.